The van der Waals surface area contributed by atoms with Gasteiger partial charge in [-0.25, -0.2) is 4.79 Å². The summed E-state index contributed by atoms with van der Waals surface area (Å²) in [5.74, 6) is 0.489. The van der Waals surface area contributed by atoms with Crippen molar-refractivity contribution in [2.24, 2.45) is 5.92 Å². The van der Waals surface area contributed by atoms with Gasteiger partial charge in [-0.3, -0.25) is 0 Å². The Morgan fingerprint density at radius 3 is 2.63 bits per heavy atom. The van der Waals surface area contributed by atoms with Crippen molar-refractivity contribution in [2.45, 2.75) is 45.1 Å². The van der Waals surface area contributed by atoms with E-state index < -0.39 is 0 Å². The normalized spacial score (nSPS) is 23.1. The number of carbonyl (C=O) groups is 1. The number of hydrogen-bond acceptors (Lipinski definition) is 3. The van der Waals surface area contributed by atoms with Crippen LogP contribution < -0.4 is 5.73 Å². The molecule has 1 saturated carbocycles. The molecular formula is C15H20ClNO2. The number of nitrogen functional groups attached to an aromatic ring is 1. The maximum Gasteiger partial charge on any atom is 0.338 e. The molecule has 0 unspecified atom stereocenters. The van der Waals surface area contributed by atoms with E-state index in [0.29, 0.717) is 16.3 Å². The van der Waals surface area contributed by atoms with E-state index in [4.69, 9.17) is 22.1 Å². The van der Waals surface area contributed by atoms with Gasteiger partial charge in [0, 0.05) is 0 Å². The monoisotopic (exact) mass is 281 g/mol. The molecule has 1 aromatic rings. The van der Waals surface area contributed by atoms with Crippen molar-refractivity contribution in [3.05, 3.63) is 28.8 Å². The summed E-state index contributed by atoms with van der Waals surface area (Å²) in [6.45, 7) is 2.22. The molecule has 0 radical (unpaired) electrons. The predicted octanol–water partition coefficient (Wildman–Crippen LogP) is 4.05. The highest BCUT2D eigenvalue weighted by Crippen LogP contribution is 2.29. The largest absolute Gasteiger partial charge is 0.459 e. The fourth-order valence-corrected chi connectivity index (χ4v) is 2.71. The van der Waals surface area contributed by atoms with Gasteiger partial charge in [-0.2, -0.15) is 0 Å². The number of hydrogen-bond donors (Lipinski definition) is 1. The van der Waals surface area contributed by atoms with Crippen LogP contribution in [0, 0.1) is 5.92 Å². The van der Waals surface area contributed by atoms with E-state index in [9.17, 15) is 4.79 Å². The van der Waals surface area contributed by atoms with Crippen molar-refractivity contribution < 1.29 is 9.53 Å². The number of rotatable bonds is 3. The molecule has 3 nitrogen and oxygen atoms in total. The molecule has 0 aromatic heterocycles. The lowest BCUT2D eigenvalue weighted by molar-refractivity contribution is 0.0164. The number of benzene rings is 1. The van der Waals surface area contributed by atoms with Crippen molar-refractivity contribution in [3.8, 4) is 0 Å². The van der Waals surface area contributed by atoms with E-state index in [0.717, 1.165) is 31.6 Å². The van der Waals surface area contributed by atoms with Crippen LogP contribution >= 0.6 is 11.6 Å². The molecule has 4 heteroatoms. The second kappa shape index (κ2) is 6.29. The molecule has 0 amide bonds. The van der Waals surface area contributed by atoms with Gasteiger partial charge in [0.05, 0.1) is 16.3 Å². The fourth-order valence-electron chi connectivity index (χ4n) is 2.53. The maximum atomic E-state index is 12.0. The molecule has 0 atom stereocenters. The summed E-state index contributed by atoms with van der Waals surface area (Å²) in [4.78, 5) is 12.0. The Balaban J connectivity index is 1.92. The molecule has 1 aliphatic rings. The van der Waals surface area contributed by atoms with E-state index in [2.05, 4.69) is 6.92 Å². The summed E-state index contributed by atoms with van der Waals surface area (Å²) >= 11 is 5.91. The minimum absolute atomic E-state index is 0.0478. The highest BCUT2D eigenvalue weighted by atomic mass is 35.5. The Morgan fingerprint density at radius 2 is 2.05 bits per heavy atom. The Bertz CT molecular complexity index is 453. The van der Waals surface area contributed by atoms with Crippen LogP contribution in [0.4, 0.5) is 5.69 Å². The first-order chi connectivity index (χ1) is 9.10. The second-order valence-electron chi connectivity index (χ2n) is 5.19. The van der Waals surface area contributed by atoms with Crippen LogP contribution in [0.25, 0.3) is 0 Å². The molecule has 0 heterocycles. The van der Waals surface area contributed by atoms with E-state index in [-0.39, 0.29) is 12.1 Å². The lowest BCUT2D eigenvalue weighted by Crippen LogP contribution is -2.24. The zero-order chi connectivity index (χ0) is 13.8. The van der Waals surface area contributed by atoms with Crippen LogP contribution in [-0.2, 0) is 4.74 Å². The first-order valence-corrected chi connectivity index (χ1v) is 7.24. The van der Waals surface area contributed by atoms with Gasteiger partial charge in [-0.05, 0) is 49.8 Å². The van der Waals surface area contributed by atoms with E-state index >= 15 is 0 Å². The Kier molecular flexibility index (Phi) is 4.70. The lowest BCUT2D eigenvalue weighted by atomic mass is 9.86. The van der Waals surface area contributed by atoms with Crippen LogP contribution in [0.15, 0.2) is 18.2 Å². The molecule has 2 N–H and O–H groups in total. The topological polar surface area (TPSA) is 52.3 Å². The number of esters is 1. The third-order valence-corrected chi connectivity index (χ3v) is 4.21. The van der Waals surface area contributed by atoms with Gasteiger partial charge >= 0.3 is 5.97 Å². The number of ether oxygens (including phenoxy) is 1. The Hall–Kier alpha value is -1.22. The molecule has 2 rings (SSSR count). The zero-order valence-electron chi connectivity index (χ0n) is 11.2. The molecule has 1 aromatic carbocycles. The minimum Gasteiger partial charge on any atom is -0.459 e. The molecule has 104 valence electrons. The van der Waals surface area contributed by atoms with E-state index in [1.807, 2.05) is 0 Å². The smallest absolute Gasteiger partial charge is 0.338 e. The number of nitrogens with two attached hydrogens (primary N) is 1. The summed E-state index contributed by atoms with van der Waals surface area (Å²) in [5.41, 5.74) is 6.56. The average Bonchev–Trinajstić information content (AvgIpc) is 2.42. The van der Waals surface area contributed by atoms with Crippen molar-refractivity contribution in [1.82, 2.24) is 0 Å². The van der Waals surface area contributed by atoms with Crippen LogP contribution in [0.5, 0.6) is 0 Å². The van der Waals surface area contributed by atoms with Gasteiger partial charge in [-0.1, -0.05) is 24.9 Å². The van der Waals surface area contributed by atoms with Gasteiger partial charge in [0.25, 0.3) is 0 Å². The maximum absolute atomic E-state index is 12.0. The van der Waals surface area contributed by atoms with Gasteiger partial charge in [0.15, 0.2) is 0 Å². The lowest BCUT2D eigenvalue weighted by Gasteiger charge is -2.27. The minimum atomic E-state index is -0.304. The van der Waals surface area contributed by atoms with Crippen LogP contribution in [0.1, 0.15) is 49.4 Å². The third kappa shape index (κ3) is 3.63. The molecular weight excluding hydrogens is 262 g/mol. The van der Waals surface area contributed by atoms with Crippen LogP contribution in [0.3, 0.4) is 0 Å². The molecule has 0 spiro atoms. The SMILES string of the molecule is CCC1CCC(OC(=O)c2ccc(N)c(Cl)c2)CC1. The van der Waals surface area contributed by atoms with Gasteiger partial charge in [-0.15, -0.1) is 0 Å². The highest BCUT2D eigenvalue weighted by molar-refractivity contribution is 6.33. The third-order valence-electron chi connectivity index (χ3n) is 3.88. The molecule has 1 aliphatic carbocycles. The van der Waals surface area contributed by atoms with Crippen LogP contribution in [-0.4, -0.2) is 12.1 Å². The quantitative estimate of drug-likeness (QED) is 0.672. The number of carbonyl (C=O) groups excluding carboxylic acids is 1. The summed E-state index contributed by atoms with van der Waals surface area (Å²) in [7, 11) is 0. The first-order valence-electron chi connectivity index (χ1n) is 6.86. The van der Waals surface area contributed by atoms with Gasteiger partial charge < -0.3 is 10.5 Å². The van der Waals surface area contributed by atoms with E-state index in [1.165, 1.54) is 6.42 Å². The number of anilines is 1. The molecule has 19 heavy (non-hydrogen) atoms. The first kappa shape index (κ1) is 14.2. The van der Waals surface area contributed by atoms with Gasteiger partial charge in [0.2, 0.25) is 0 Å². The summed E-state index contributed by atoms with van der Waals surface area (Å²) in [5, 5.41) is 0.393. The number of halogens is 1. The molecule has 0 saturated heterocycles. The van der Waals surface area contributed by atoms with Gasteiger partial charge in [0.1, 0.15) is 6.10 Å². The second-order valence-corrected chi connectivity index (χ2v) is 5.60. The summed E-state index contributed by atoms with van der Waals surface area (Å²) in [6.07, 6.45) is 5.49. The standard InChI is InChI=1S/C15H20ClNO2/c1-2-10-3-6-12(7-4-10)19-15(18)11-5-8-14(17)13(16)9-11/h5,8-10,12H,2-4,6-7,17H2,1H3. The summed E-state index contributed by atoms with van der Waals surface area (Å²) < 4.78 is 5.53. The van der Waals surface area contributed by atoms with Crippen molar-refractivity contribution in [3.63, 3.8) is 0 Å². The highest BCUT2D eigenvalue weighted by Gasteiger charge is 2.23. The molecule has 0 aliphatic heterocycles. The van der Waals surface area contributed by atoms with E-state index in [1.54, 1.807) is 18.2 Å². The predicted molar refractivity (Wildman–Crippen MR) is 77.3 cm³/mol. The molecule has 0 bridgehead atoms. The van der Waals surface area contributed by atoms with Crippen LogP contribution in [0.2, 0.25) is 5.02 Å². The molecule has 1 fully saturated rings. The summed E-state index contributed by atoms with van der Waals surface area (Å²) in [6, 6.07) is 4.85. The fraction of sp³-hybridized carbons (Fsp3) is 0.533. The average molecular weight is 282 g/mol. The van der Waals surface area contributed by atoms with Crippen molar-refractivity contribution in [1.29, 1.82) is 0 Å². The zero-order valence-corrected chi connectivity index (χ0v) is 12.0. The van der Waals surface area contributed by atoms with Crippen molar-refractivity contribution in [2.75, 3.05) is 5.73 Å². The van der Waals surface area contributed by atoms with Crippen molar-refractivity contribution >= 4 is 23.3 Å². The Labute approximate surface area is 119 Å². The Morgan fingerprint density at radius 1 is 1.37 bits per heavy atom.